The Balaban J connectivity index is 1.15. The zero-order valence-corrected chi connectivity index (χ0v) is 20.6. The number of morpholine rings is 1. The van der Waals surface area contributed by atoms with Gasteiger partial charge in [-0.1, -0.05) is 24.3 Å². The molecule has 0 unspecified atom stereocenters. The predicted octanol–water partition coefficient (Wildman–Crippen LogP) is 3.61. The van der Waals surface area contributed by atoms with Gasteiger partial charge < -0.3 is 14.6 Å². The Morgan fingerprint density at radius 1 is 0.973 bits per heavy atom. The molecule has 1 saturated heterocycles. The van der Waals surface area contributed by atoms with E-state index in [1.54, 1.807) is 17.1 Å². The first kappa shape index (κ1) is 23.1. The van der Waals surface area contributed by atoms with Gasteiger partial charge in [-0.25, -0.2) is 9.97 Å². The van der Waals surface area contributed by atoms with Crippen LogP contribution in [0, 0.1) is 0 Å². The van der Waals surface area contributed by atoms with Gasteiger partial charge in [-0.05, 0) is 29.8 Å². The number of Topliss-reactive ketones (excluding diaryl/α,β-unsaturated/α-hetero) is 1. The average Bonchev–Trinajstić information content (AvgIpc) is 3.53. The van der Waals surface area contributed by atoms with E-state index in [4.69, 9.17) is 9.72 Å². The first-order valence-corrected chi connectivity index (χ1v) is 12.4. The number of nitrogens with zero attached hydrogens (tertiary/aromatic N) is 6. The summed E-state index contributed by atoms with van der Waals surface area (Å²) >= 11 is 0. The lowest BCUT2D eigenvalue weighted by Crippen LogP contribution is -2.36. The number of hydrogen-bond acceptors (Lipinski definition) is 7. The zero-order chi connectivity index (χ0) is 25.2. The minimum absolute atomic E-state index is 0.141. The predicted molar refractivity (Wildman–Crippen MR) is 141 cm³/mol. The number of rotatable bonds is 7. The lowest BCUT2D eigenvalue weighted by Gasteiger charge is -2.27. The first-order valence-electron chi connectivity index (χ1n) is 12.4. The molecule has 1 fully saturated rings. The van der Waals surface area contributed by atoms with Crippen molar-refractivity contribution < 1.29 is 9.53 Å². The van der Waals surface area contributed by atoms with Crippen molar-refractivity contribution in [1.29, 1.82) is 0 Å². The molecule has 0 aliphatic carbocycles. The summed E-state index contributed by atoms with van der Waals surface area (Å²) in [5.74, 6) is 1.81. The number of ketones is 1. The number of carbonyl (C=O) groups is 1. The van der Waals surface area contributed by atoms with Crippen molar-refractivity contribution in [1.82, 2.24) is 29.7 Å². The van der Waals surface area contributed by atoms with Crippen LogP contribution in [-0.4, -0.2) is 61.8 Å². The van der Waals surface area contributed by atoms with E-state index in [-0.39, 0.29) is 5.78 Å². The molecule has 0 bridgehead atoms. The summed E-state index contributed by atoms with van der Waals surface area (Å²) in [5, 5.41) is 4.55. The van der Waals surface area contributed by atoms with Gasteiger partial charge in [0.15, 0.2) is 5.82 Å². The number of anilines is 1. The van der Waals surface area contributed by atoms with Crippen LogP contribution in [0.4, 0.5) is 5.82 Å². The molecule has 186 valence electrons. The van der Waals surface area contributed by atoms with Crippen LogP contribution < -0.4 is 4.90 Å². The second-order valence-corrected chi connectivity index (χ2v) is 9.19. The molecule has 0 spiro atoms. The van der Waals surface area contributed by atoms with Gasteiger partial charge in [0.2, 0.25) is 0 Å². The molecule has 1 aliphatic rings. The van der Waals surface area contributed by atoms with E-state index in [2.05, 4.69) is 25.0 Å². The number of pyridine rings is 2. The first-order chi connectivity index (χ1) is 18.1. The molecule has 5 aromatic rings. The molecule has 1 aromatic carbocycles. The number of aryl methyl sites for hydroxylation is 1. The summed E-state index contributed by atoms with van der Waals surface area (Å²) < 4.78 is 7.25. The number of nitrogens with one attached hydrogen (secondary N) is 1. The Morgan fingerprint density at radius 3 is 2.54 bits per heavy atom. The molecule has 9 nitrogen and oxygen atoms in total. The van der Waals surface area contributed by atoms with Crippen LogP contribution in [-0.2, 0) is 29.4 Å². The number of carbonyl (C=O) groups excluding carboxylic acids is 1. The molecule has 5 heterocycles. The third-order valence-corrected chi connectivity index (χ3v) is 6.65. The molecule has 6 rings (SSSR count). The summed E-state index contributed by atoms with van der Waals surface area (Å²) in [5.41, 5.74) is 6.47. The third kappa shape index (κ3) is 4.85. The minimum Gasteiger partial charge on any atom is -0.378 e. The van der Waals surface area contributed by atoms with E-state index in [1.165, 1.54) is 0 Å². The Kier molecular flexibility index (Phi) is 6.20. The Morgan fingerprint density at radius 2 is 1.76 bits per heavy atom. The minimum atomic E-state index is 0.141. The number of hydrogen-bond donors (Lipinski definition) is 1. The maximum Gasteiger partial charge on any atom is 0.156 e. The van der Waals surface area contributed by atoms with Crippen LogP contribution in [0.5, 0.6) is 0 Å². The maximum atomic E-state index is 12.8. The fourth-order valence-electron chi connectivity index (χ4n) is 4.67. The molecule has 4 aromatic heterocycles. The van der Waals surface area contributed by atoms with E-state index in [9.17, 15) is 4.79 Å². The number of aromatic nitrogens is 6. The van der Waals surface area contributed by atoms with Crippen LogP contribution in [0.1, 0.15) is 11.3 Å². The fourth-order valence-corrected chi connectivity index (χ4v) is 4.67. The smallest absolute Gasteiger partial charge is 0.156 e. The standard InChI is InChI=1S/C28H27N7O2/c1-34-22(18-25(33-34)20-6-9-29-10-7-20)17-23(36)16-19-2-4-21(5-3-19)27-31-24-8-11-30-28(26(24)32-27)35-12-14-37-15-13-35/h2-11,18H,12-17H2,1H3,(H,31,32). The monoisotopic (exact) mass is 493 g/mol. The molecule has 37 heavy (non-hydrogen) atoms. The average molecular weight is 494 g/mol. The SMILES string of the molecule is Cn1nc(-c2ccncc2)cc1CC(=O)Cc1ccc(-c2nc3c(N4CCOCC4)nccc3[nH]2)cc1. The largest absolute Gasteiger partial charge is 0.378 e. The highest BCUT2D eigenvalue weighted by Gasteiger charge is 2.18. The van der Waals surface area contributed by atoms with Crippen molar-refractivity contribution >= 4 is 22.6 Å². The van der Waals surface area contributed by atoms with E-state index >= 15 is 0 Å². The van der Waals surface area contributed by atoms with Crippen LogP contribution in [0.3, 0.4) is 0 Å². The molecule has 0 radical (unpaired) electrons. The molecular weight excluding hydrogens is 466 g/mol. The summed E-state index contributed by atoms with van der Waals surface area (Å²) in [6, 6.07) is 15.7. The van der Waals surface area contributed by atoms with E-state index in [0.717, 1.165) is 63.8 Å². The van der Waals surface area contributed by atoms with Crippen molar-refractivity contribution in [3.8, 4) is 22.6 Å². The quantitative estimate of drug-likeness (QED) is 0.370. The second-order valence-electron chi connectivity index (χ2n) is 9.19. The summed E-state index contributed by atoms with van der Waals surface area (Å²) in [6.45, 7) is 3.01. The number of imidazole rings is 1. The highest BCUT2D eigenvalue weighted by molar-refractivity contribution is 5.89. The molecule has 0 amide bonds. The van der Waals surface area contributed by atoms with Crippen molar-refractivity contribution in [3.63, 3.8) is 0 Å². The Bertz CT molecular complexity index is 1530. The van der Waals surface area contributed by atoms with Crippen LogP contribution in [0.25, 0.3) is 33.7 Å². The van der Waals surface area contributed by atoms with Crippen LogP contribution in [0.15, 0.2) is 67.1 Å². The molecular formula is C28H27N7O2. The summed E-state index contributed by atoms with van der Waals surface area (Å²) in [7, 11) is 1.87. The number of aromatic amines is 1. The molecule has 0 saturated carbocycles. The lowest BCUT2D eigenvalue weighted by atomic mass is 10.0. The Hall–Kier alpha value is -4.37. The van der Waals surface area contributed by atoms with Gasteiger partial charge in [0, 0.05) is 68.4 Å². The molecule has 1 N–H and O–H groups in total. The number of H-pyrrole nitrogens is 1. The van der Waals surface area contributed by atoms with Gasteiger partial charge in [-0.15, -0.1) is 0 Å². The van der Waals surface area contributed by atoms with Gasteiger partial charge in [0.1, 0.15) is 17.1 Å². The maximum absolute atomic E-state index is 12.8. The van der Waals surface area contributed by atoms with Gasteiger partial charge in [0.25, 0.3) is 0 Å². The molecule has 9 heteroatoms. The van der Waals surface area contributed by atoms with Crippen LogP contribution >= 0.6 is 0 Å². The fraction of sp³-hybridized carbons (Fsp3) is 0.250. The van der Waals surface area contributed by atoms with Gasteiger partial charge in [0.05, 0.1) is 24.4 Å². The van der Waals surface area contributed by atoms with E-state index in [1.807, 2.05) is 61.8 Å². The van der Waals surface area contributed by atoms with Gasteiger partial charge >= 0.3 is 0 Å². The van der Waals surface area contributed by atoms with Gasteiger partial charge in [-0.2, -0.15) is 5.10 Å². The lowest BCUT2D eigenvalue weighted by molar-refractivity contribution is -0.117. The zero-order valence-electron chi connectivity index (χ0n) is 20.6. The summed E-state index contributed by atoms with van der Waals surface area (Å²) in [4.78, 5) is 32.0. The highest BCUT2D eigenvalue weighted by atomic mass is 16.5. The topological polar surface area (TPSA) is 102 Å². The Labute approximate surface area is 214 Å². The number of fused-ring (bicyclic) bond motifs is 1. The van der Waals surface area contributed by atoms with E-state index in [0.29, 0.717) is 26.1 Å². The third-order valence-electron chi connectivity index (χ3n) is 6.65. The second kappa shape index (κ2) is 9.94. The summed E-state index contributed by atoms with van der Waals surface area (Å²) in [6.07, 6.45) is 5.98. The number of ether oxygens (including phenoxy) is 1. The van der Waals surface area contributed by atoms with Crippen molar-refractivity contribution in [2.75, 3.05) is 31.2 Å². The number of benzene rings is 1. The van der Waals surface area contributed by atoms with Crippen LogP contribution in [0.2, 0.25) is 0 Å². The molecule has 1 aliphatic heterocycles. The van der Waals surface area contributed by atoms with Gasteiger partial charge in [-0.3, -0.25) is 14.5 Å². The van der Waals surface area contributed by atoms with Crippen molar-refractivity contribution in [2.45, 2.75) is 12.8 Å². The van der Waals surface area contributed by atoms with Crippen molar-refractivity contribution in [3.05, 3.63) is 78.4 Å². The highest BCUT2D eigenvalue weighted by Crippen LogP contribution is 2.27. The molecule has 0 atom stereocenters. The van der Waals surface area contributed by atoms with Crippen molar-refractivity contribution in [2.24, 2.45) is 7.05 Å². The normalized spacial score (nSPS) is 13.8. The van der Waals surface area contributed by atoms with E-state index < -0.39 is 0 Å².